The molecule has 0 spiro atoms. The quantitative estimate of drug-likeness (QED) is 0.511. The Labute approximate surface area is 122 Å². The van der Waals surface area contributed by atoms with Crippen LogP contribution in [0.15, 0.2) is 29.4 Å². The van der Waals surface area contributed by atoms with Crippen LogP contribution in [0.2, 0.25) is 0 Å². The largest absolute Gasteiger partial charge is 0.483 e. The number of hydrogen-bond acceptors (Lipinski definition) is 3. The summed E-state index contributed by atoms with van der Waals surface area (Å²) in [5.41, 5.74) is 7.80. The molecule has 1 unspecified atom stereocenters. The Morgan fingerprint density at radius 3 is 2.76 bits per heavy atom. The zero-order chi connectivity index (χ0) is 15.7. The highest BCUT2D eigenvalue weighted by molar-refractivity contribution is 5.89. The number of ether oxygens (including phenoxy) is 1. The maximum atomic E-state index is 11.6. The number of anilines is 1. The van der Waals surface area contributed by atoms with Gasteiger partial charge >= 0.3 is 6.09 Å². The molecule has 2 rings (SSSR count). The Morgan fingerprint density at radius 1 is 1.52 bits per heavy atom. The monoisotopic (exact) mass is 290 g/mol. The van der Waals surface area contributed by atoms with Crippen LogP contribution in [0.4, 0.5) is 10.5 Å². The van der Waals surface area contributed by atoms with E-state index < -0.39 is 17.1 Å². The van der Waals surface area contributed by atoms with Crippen LogP contribution in [0.1, 0.15) is 20.8 Å². The van der Waals surface area contributed by atoms with Crippen molar-refractivity contribution in [2.45, 2.75) is 26.4 Å². The summed E-state index contributed by atoms with van der Waals surface area (Å²) in [7, 11) is 0. The molecule has 0 saturated heterocycles. The minimum absolute atomic E-state index is 0.0606. The lowest BCUT2D eigenvalue weighted by molar-refractivity contribution is -0.0244. The van der Waals surface area contributed by atoms with Gasteiger partial charge in [-0.1, -0.05) is 38.0 Å². The second kappa shape index (κ2) is 5.18. The van der Waals surface area contributed by atoms with E-state index in [0.29, 0.717) is 11.4 Å². The Morgan fingerprint density at radius 2 is 2.19 bits per heavy atom. The molecule has 1 atom stereocenters. The van der Waals surface area contributed by atoms with E-state index in [-0.39, 0.29) is 13.1 Å². The van der Waals surface area contributed by atoms with Crippen molar-refractivity contribution in [3.63, 3.8) is 0 Å². The second-order valence-electron chi connectivity index (χ2n) is 6.07. The second-order valence-corrected chi connectivity index (χ2v) is 6.07. The average Bonchev–Trinajstić information content (AvgIpc) is 2.42. The van der Waals surface area contributed by atoms with Crippen LogP contribution >= 0.6 is 0 Å². The fourth-order valence-electron chi connectivity index (χ4n) is 2.38. The van der Waals surface area contributed by atoms with Gasteiger partial charge in [-0.25, -0.2) is 4.79 Å². The van der Waals surface area contributed by atoms with Crippen LogP contribution < -0.4 is 9.64 Å². The molecule has 0 aromatic heterocycles. The molecule has 0 fully saturated rings. The number of azide groups is 1. The normalized spacial score (nSPS) is 21.0. The summed E-state index contributed by atoms with van der Waals surface area (Å²) in [4.78, 5) is 15.6. The lowest BCUT2D eigenvalue weighted by Crippen LogP contribution is -2.61. The van der Waals surface area contributed by atoms with E-state index in [9.17, 15) is 9.90 Å². The van der Waals surface area contributed by atoms with Crippen molar-refractivity contribution in [1.82, 2.24) is 0 Å². The van der Waals surface area contributed by atoms with Crippen molar-refractivity contribution in [2.75, 3.05) is 18.0 Å². The summed E-state index contributed by atoms with van der Waals surface area (Å²) >= 11 is 0. The molecule has 1 heterocycles. The maximum absolute atomic E-state index is 11.6. The number of nitrogens with zero attached hydrogens (tertiary/aromatic N) is 4. The minimum atomic E-state index is -1.06. The third-order valence-corrected chi connectivity index (χ3v) is 3.86. The van der Waals surface area contributed by atoms with E-state index in [4.69, 9.17) is 10.3 Å². The van der Waals surface area contributed by atoms with Gasteiger partial charge < -0.3 is 9.84 Å². The van der Waals surface area contributed by atoms with Crippen molar-refractivity contribution >= 4 is 11.8 Å². The molecule has 7 heteroatoms. The molecule has 1 amide bonds. The highest BCUT2D eigenvalue weighted by atomic mass is 16.5. The summed E-state index contributed by atoms with van der Waals surface area (Å²) in [6.45, 7) is 5.99. The molecule has 0 aliphatic carbocycles. The van der Waals surface area contributed by atoms with E-state index >= 15 is 0 Å². The maximum Gasteiger partial charge on any atom is 0.412 e. The molecule has 0 saturated carbocycles. The highest BCUT2D eigenvalue weighted by Crippen LogP contribution is 2.44. The standard InChI is InChI=1S/C14H18N4O3/c1-13(2,3)14(8-16-17-15)9-18(12(19)20)10-6-4-5-7-11(10)21-14/h4-7H,8-9H2,1-3H3,(H,19,20). The van der Waals surface area contributed by atoms with E-state index in [0.717, 1.165) is 0 Å². The van der Waals surface area contributed by atoms with E-state index in [2.05, 4.69) is 10.0 Å². The summed E-state index contributed by atoms with van der Waals surface area (Å²) in [5, 5.41) is 13.1. The summed E-state index contributed by atoms with van der Waals surface area (Å²) in [5.74, 6) is 0.481. The molecule has 1 aromatic rings. The van der Waals surface area contributed by atoms with Gasteiger partial charge in [-0.3, -0.25) is 4.90 Å². The summed E-state index contributed by atoms with van der Waals surface area (Å²) in [6.07, 6.45) is -1.06. The van der Waals surface area contributed by atoms with Gasteiger partial charge in [0.15, 0.2) is 0 Å². The van der Waals surface area contributed by atoms with Gasteiger partial charge in [-0.2, -0.15) is 0 Å². The third kappa shape index (κ3) is 2.60. The number of amides is 1. The van der Waals surface area contributed by atoms with Gasteiger partial charge in [-0.05, 0) is 17.7 Å². The first kappa shape index (κ1) is 15.0. The van der Waals surface area contributed by atoms with E-state index in [1.54, 1.807) is 24.3 Å². The van der Waals surface area contributed by atoms with Gasteiger partial charge in [-0.15, -0.1) is 0 Å². The van der Waals surface area contributed by atoms with Crippen molar-refractivity contribution in [3.8, 4) is 5.75 Å². The van der Waals surface area contributed by atoms with Gasteiger partial charge in [0.1, 0.15) is 11.4 Å². The van der Waals surface area contributed by atoms with Crippen molar-refractivity contribution in [1.29, 1.82) is 0 Å². The number of rotatable bonds is 2. The predicted molar refractivity (Wildman–Crippen MR) is 78.6 cm³/mol. The minimum Gasteiger partial charge on any atom is -0.483 e. The molecule has 7 nitrogen and oxygen atoms in total. The molecule has 1 aromatic carbocycles. The van der Waals surface area contributed by atoms with Crippen LogP contribution in [0, 0.1) is 5.41 Å². The molecule has 0 bridgehead atoms. The SMILES string of the molecule is CC(C)(C)C1(CN=[N+]=[N-])CN(C(=O)O)c2ccccc2O1. The third-order valence-electron chi connectivity index (χ3n) is 3.86. The van der Waals surface area contributed by atoms with Crippen LogP contribution in [-0.4, -0.2) is 29.9 Å². The number of benzene rings is 1. The number of hydrogen-bond donors (Lipinski definition) is 1. The summed E-state index contributed by atoms with van der Waals surface area (Å²) in [6, 6.07) is 6.96. The number of carboxylic acid groups (broad SMARTS) is 1. The molecule has 0 radical (unpaired) electrons. The van der Waals surface area contributed by atoms with Crippen LogP contribution in [-0.2, 0) is 0 Å². The zero-order valence-electron chi connectivity index (χ0n) is 12.3. The number of fused-ring (bicyclic) bond motifs is 1. The topological polar surface area (TPSA) is 98.5 Å². The van der Waals surface area contributed by atoms with Gasteiger partial charge in [0.2, 0.25) is 0 Å². The van der Waals surface area contributed by atoms with E-state index in [1.807, 2.05) is 20.8 Å². The Kier molecular flexibility index (Phi) is 3.70. The van der Waals surface area contributed by atoms with Crippen LogP contribution in [0.3, 0.4) is 0 Å². The first-order valence-electron chi connectivity index (χ1n) is 6.60. The van der Waals surface area contributed by atoms with Crippen LogP contribution in [0.25, 0.3) is 10.4 Å². The first-order valence-corrected chi connectivity index (χ1v) is 6.60. The summed E-state index contributed by atoms with van der Waals surface area (Å²) < 4.78 is 6.10. The lowest BCUT2D eigenvalue weighted by Gasteiger charge is -2.49. The fraction of sp³-hybridized carbons (Fsp3) is 0.500. The van der Waals surface area contributed by atoms with E-state index in [1.165, 1.54) is 4.90 Å². The molecular formula is C14H18N4O3. The number of para-hydroxylation sites is 2. The molecule has 21 heavy (non-hydrogen) atoms. The molecular weight excluding hydrogens is 272 g/mol. The van der Waals surface area contributed by atoms with Crippen molar-refractivity contribution in [2.24, 2.45) is 10.5 Å². The molecule has 1 aliphatic rings. The fourth-order valence-corrected chi connectivity index (χ4v) is 2.38. The molecule has 1 N–H and O–H groups in total. The Balaban J connectivity index is 2.55. The molecule has 112 valence electrons. The highest BCUT2D eigenvalue weighted by Gasteiger charge is 2.49. The van der Waals surface area contributed by atoms with Crippen molar-refractivity contribution in [3.05, 3.63) is 34.7 Å². The van der Waals surface area contributed by atoms with Gasteiger partial charge in [0.25, 0.3) is 0 Å². The van der Waals surface area contributed by atoms with Crippen LogP contribution in [0.5, 0.6) is 5.75 Å². The molecule has 1 aliphatic heterocycles. The zero-order valence-corrected chi connectivity index (χ0v) is 12.3. The van der Waals surface area contributed by atoms with Crippen molar-refractivity contribution < 1.29 is 14.6 Å². The first-order chi connectivity index (χ1) is 9.81. The average molecular weight is 290 g/mol. The van der Waals surface area contributed by atoms with Gasteiger partial charge in [0.05, 0.1) is 18.8 Å². The van der Waals surface area contributed by atoms with Gasteiger partial charge in [0, 0.05) is 10.3 Å². The Bertz CT molecular complexity index is 604. The number of carbonyl (C=O) groups is 1. The lowest BCUT2D eigenvalue weighted by atomic mass is 9.75. The smallest absolute Gasteiger partial charge is 0.412 e. The Hall–Kier alpha value is -2.40. The predicted octanol–water partition coefficient (Wildman–Crippen LogP) is 3.66.